The van der Waals surface area contributed by atoms with Gasteiger partial charge >= 0.3 is 12.4 Å². The molecule has 1 fully saturated rings. The van der Waals surface area contributed by atoms with Crippen molar-refractivity contribution in [2.45, 2.75) is 49.7 Å². The normalized spacial score (nSPS) is 19.9. The zero-order valence-electron chi connectivity index (χ0n) is 17.7. The summed E-state index contributed by atoms with van der Waals surface area (Å²) in [6, 6.07) is 6.06. The molecule has 1 amide bonds. The Morgan fingerprint density at radius 1 is 1.00 bits per heavy atom. The van der Waals surface area contributed by atoms with Crippen LogP contribution in [0, 0.1) is 5.92 Å². The van der Waals surface area contributed by atoms with Gasteiger partial charge in [0.05, 0.1) is 18.2 Å². The molecule has 0 spiro atoms. The lowest BCUT2D eigenvalue weighted by atomic mass is 9.91. The number of hydrogen-bond acceptors (Lipinski definition) is 3. The summed E-state index contributed by atoms with van der Waals surface area (Å²) in [6.07, 6.45) is -7.23. The summed E-state index contributed by atoms with van der Waals surface area (Å²) in [5.74, 6) is 0.0458. The van der Waals surface area contributed by atoms with Gasteiger partial charge in [0.15, 0.2) is 0 Å². The highest BCUT2D eigenvalue weighted by atomic mass is 35.5. The van der Waals surface area contributed by atoms with Crippen molar-refractivity contribution in [3.05, 3.63) is 63.7 Å². The highest BCUT2D eigenvalue weighted by Gasteiger charge is 2.55. The molecular formula is C23H21ClF6N2O2. The van der Waals surface area contributed by atoms with Crippen LogP contribution >= 0.6 is 11.6 Å². The molecule has 0 unspecified atom stereocenters. The lowest BCUT2D eigenvalue weighted by Crippen LogP contribution is -2.48. The maximum atomic E-state index is 13.9. The third-order valence-corrected chi connectivity index (χ3v) is 6.42. The van der Waals surface area contributed by atoms with Crippen molar-refractivity contribution in [1.29, 1.82) is 0 Å². The summed E-state index contributed by atoms with van der Waals surface area (Å²) < 4.78 is 80.9. The van der Waals surface area contributed by atoms with Crippen molar-refractivity contribution < 1.29 is 36.2 Å². The second-order valence-corrected chi connectivity index (χ2v) is 9.16. The van der Waals surface area contributed by atoms with Gasteiger partial charge < -0.3 is 15.7 Å². The highest BCUT2D eigenvalue weighted by Crippen LogP contribution is 2.43. The van der Waals surface area contributed by atoms with Gasteiger partial charge in [0.1, 0.15) is 0 Å². The molecular weight excluding hydrogens is 486 g/mol. The number of carbonyl (C=O) groups is 1. The number of alkyl halides is 6. The van der Waals surface area contributed by atoms with Crippen molar-refractivity contribution in [2.75, 3.05) is 11.9 Å². The number of hydrogen-bond donors (Lipinski definition) is 3. The summed E-state index contributed by atoms with van der Waals surface area (Å²) in [6.45, 7) is -1.13. The van der Waals surface area contributed by atoms with Gasteiger partial charge in [-0.3, -0.25) is 4.79 Å². The second kappa shape index (κ2) is 8.64. The zero-order chi connectivity index (χ0) is 24.9. The van der Waals surface area contributed by atoms with Crippen molar-refractivity contribution in [2.24, 2.45) is 5.92 Å². The summed E-state index contributed by atoms with van der Waals surface area (Å²) >= 11 is 5.64. The molecule has 2 aromatic rings. The van der Waals surface area contributed by atoms with Crippen LogP contribution in [-0.4, -0.2) is 23.7 Å². The first kappa shape index (κ1) is 24.7. The van der Waals surface area contributed by atoms with E-state index in [1.165, 1.54) is 6.07 Å². The van der Waals surface area contributed by atoms with Crippen LogP contribution in [0.15, 0.2) is 36.4 Å². The van der Waals surface area contributed by atoms with E-state index in [1.54, 1.807) is 12.1 Å². The van der Waals surface area contributed by atoms with E-state index in [-0.39, 0.29) is 29.6 Å². The van der Waals surface area contributed by atoms with Crippen LogP contribution in [0.3, 0.4) is 0 Å². The molecule has 2 aromatic carbocycles. The predicted molar refractivity (Wildman–Crippen MR) is 113 cm³/mol. The average molecular weight is 507 g/mol. The fraction of sp³-hybridized carbons (Fsp3) is 0.435. The number of benzene rings is 2. The number of aliphatic hydroxyl groups is 1. The van der Waals surface area contributed by atoms with Crippen LogP contribution in [-0.2, 0) is 23.0 Å². The Kier molecular flexibility index (Phi) is 6.27. The molecule has 0 radical (unpaired) electrons. The van der Waals surface area contributed by atoms with E-state index in [2.05, 4.69) is 10.6 Å². The fourth-order valence-electron chi connectivity index (χ4n) is 4.10. The number of amides is 1. The van der Waals surface area contributed by atoms with E-state index in [1.807, 2.05) is 0 Å². The van der Waals surface area contributed by atoms with E-state index in [0.29, 0.717) is 25.0 Å². The van der Waals surface area contributed by atoms with Crippen LogP contribution in [0.25, 0.3) is 0 Å². The lowest BCUT2D eigenvalue weighted by molar-refractivity contribution is -0.260. The number of aryl methyl sites for hydroxylation is 1. The molecule has 11 heteroatoms. The molecule has 2 aliphatic carbocycles. The van der Waals surface area contributed by atoms with Gasteiger partial charge in [0, 0.05) is 16.6 Å². The standard InChI is InChI=1S/C23H21ClF6N2O2/c24-16-9-14(8-15(10-16)22(25,26)27)21(34,23(28,29)30)11-31-17-4-5-18-13(7-17)3-6-19(18)32-20(33)12-1-2-12/h4-5,7-10,12,19,31,34H,1-3,6,11H2,(H,32,33)/t19-,21+/m0/s1. The first-order chi connectivity index (χ1) is 15.8. The predicted octanol–water partition coefficient (Wildman–Crippen LogP) is 5.73. The zero-order valence-corrected chi connectivity index (χ0v) is 18.4. The highest BCUT2D eigenvalue weighted by molar-refractivity contribution is 6.30. The largest absolute Gasteiger partial charge is 0.423 e. The van der Waals surface area contributed by atoms with E-state index in [4.69, 9.17) is 11.6 Å². The Morgan fingerprint density at radius 2 is 1.68 bits per heavy atom. The van der Waals surface area contributed by atoms with Crippen molar-refractivity contribution in [1.82, 2.24) is 5.32 Å². The topological polar surface area (TPSA) is 61.4 Å². The van der Waals surface area contributed by atoms with E-state index < -0.39 is 40.6 Å². The molecule has 0 saturated heterocycles. The quantitative estimate of drug-likeness (QED) is 0.438. The van der Waals surface area contributed by atoms with E-state index >= 15 is 0 Å². The number of halogens is 7. The van der Waals surface area contributed by atoms with Gasteiger partial charge in [0.25, 0.3) is 0 Å². The number of nitrogens with one attached hydrogen (secondary N) is 2. The number of fused-ring (bicyclic) bond motifs is 1. The van der Waals surface area contributed by atoms with Gasteiger partial charge in [-0.1, -0.05) is 17.7 Å². The number of carbonyl (C=O) groups excluding carboxylic acids is 1. The minimum absolute atomic E-state index is 0.00459. The Hall–Kier alpha value is -2.46. The first-order valence-corrected chi connectivity index (χ1v) is 11.0. The monoisotopic (exact) mass is 506 g/mol. The van der Waals surface area contributed by atoms with Crippen LogP contribution < -0.4 is 10.6 Å². The number of rotatable bonds is 6. The minimum atomic E-state index is -5.29. The molecule has 184 valence electrons. The summed E-state index contributed by atoms with van der Waals surface area (Å²) in [5, 5.41) is 15.4. The van der Waals surface area contributed by atoms with Crippen molar-refractivity contribution >= 4 is 23.2 Å². The molecule has 1 saturated carbocycles. The molecule has 34 heavy (non-hydrogen) atoms. The van der Waals surface area contributed by atoms with Crippen molar-refractivity contribution in [3.63, 3.8) is 0 Å². The van der Waals surface area contributed by atoms with E-state index in [0.717, 1.165) is 24.0 Å². The first-order valence-electron chi connectivity index (χ1n) is 10.6. The number of anilines is 1. The molecule has 4 nitrogen and oxygen atoms in total. The molecule has 0 bridgehead atoms. The molecule has 4 rings (SSSR count). The Bertz CT molecular complexity index is 1100. The van der Waals surface area contributed by atoms with Gasteiger partial charge in [-0.2, -0.15) is 26.3 Å². The average Bonchev–Trinajstić information content (AvgIpc) is 3.52. The van der Waals surface area contributed by atoms with Gasteiger partial charge in [-0.05, 0) is 72.7 Å². The Labute approximate surface area is 196 Å². The second-order valence-electron chi connectivity index (χ2n) is 8.73. The third kappa shape index (κ3) is 4.98. The lowest BCUT2D eigenvalue weighted by Gasteiger charge is -2.32. The smallest absolute Gasteiger partial charge is 0.381 e. The Balaban J connectivity index is 1.55. The van der Waals surface area contributed by atoms with Gasteiger partial charge in [-0.15, -0.1) is 0 Å². The molecule has 2 aliphatic rings. The maximum Gasteiger partial charge on any atom is 0.423 e. The van der Waals surface area contributed by atoms with Crippen LogP contribution in [0.1, 0.15) is 47.6 Å². The van der Waals surface area contributed by atoms with Crippen LogP contribution in [0.2, 0.25) is 5.02 Å². The molecule has 3 N–H and O–H groups in total. The van der Waals surface area contributed by atoms with Crippen LogP contribution in [0.4, 0.5) is 32.0 Å². The van der Waals surface area contributed by atoms with E-state index in [9.17, 15) is 36.2 Å². The van der Waals surface area contributed by atoms with Gasteiger partial charge in [0.2, 0.25) is 11.5 Å². The molecule has 0 aliphatic heterocycles. The van der Waals surface area contributed by atoms with Crippen LogP contribution in [0.5, 0.6) is 0 Å². The minimum Gasteiger partial charge on any atom is -0.381 e. The molecule has 2 atom stereocenters. The molecule has 0 aromatic heterocycles. The summed E-state index contributed by atoms with van der Waals surface area (Å²) in [7, 11) is 0. The Morgan fingerprint density at radius 3 is 2.29 bits per heavy atom. The maximum absolute atomic E-state index is 13.9. The third-order valence-electron chi connectivity index (χ3n) is 6.21. The van der Waals surface area contributed by atoms with Crippen molar-refractivity contribution in [3.8, 4) is 0 Å². The van der Waals surface area contributed by atoms with Gasteiger partial charge in [-0.25, -0.2) is 0 Å². The SMILES string of the molecule is O=C(N[C@H]1CCc2cc(NC[C@@](O)(c3cc(Cl)cc(C(F)(F)F)c3)C(F)(F)F)ccc21)C1CC1. The fourth-order valence-corrected chi connectivity index (χ4v) is 4.34. The summed E-state index contributed by atoms with van der Waals surface area (Å²) in [5.41, 5.74) is -4.07. The summed E-state index contributed by atoms with van der Waals surface area (Å²) in [4.78, 5) is 12.1. The molecule has 0 heterocycles.